The van der Waals surface area contributed by atoms with E-state index in [0.29, 0.717) is 5.88 Å². The minimum Gasteiger partial charge on any atom is -0.367 e. The molecule has 2 N–H and O–H groups in total. The number of benzene rings is 1. The van der Waals surface area contributed by atoms with Crippen LogP contribution in [0.15, 0.2) is 27.2 Å². The monoisotopic (exact) mass is 294 g/mol. The molecule has 2 rings (SSSR count). The first kappa shape index (κ1) is 12.2. The maximum Gasteiger partial charge on any atom is 0.226 e. The first-order valence-electron chi connectivity index (χ1n) is 5.52. The van der Waals surface area contributed by atoms with Gasteiger partial charge in [0, 0.05) is 15.6 Å². The van der Waals surface area contributed by atoms with E-state index in [9.17, 15) is 0 Å². The van der Waals surface area contributed by atoms with Gasteiger partial charge in [-0.25, -0.2) is 0 Å². The standard InChI is InChI=1S/C13H15BrN2O/c1-7(2)11-12(16-17-13(11)15)9-6-8(3)4-5-10(9)14/h4-7H,15H2,1-3H3. The zero-order chi connectivity index (χ0) is 12.6. The van der Waals surface area contributed by atoms with Crippen molar-refractivity contribution in [3.63, 3.8) is 0 Å². The largest absolute Gasteiger partial charge is 0.367 e. The van der Waals surface area contributed by atoms with Crippen LogP contribution in [0.2, 0.25) is 0 Å². The van der Waals surface area contributed by atoms with Gasteiger partial charge in [0.2, 0.25) is 5.88 Å². The van der Waals surface area contributed by atoms with Gasteiger partial charge in [0.25, 0.3) is 0 Å². The van der Waals surface area contributed by atoms with E-state index < -0.39 is 0 Å². The Balaban J connectivity index is 2.64. The lowest BCUT2D eigenvalue weighted by Crippen LogP contribution is -1.95. The molecule has 90 valence electrons. The summed E-state index contributed by atoms with van der Waals surface area (Å²) in [5.41, 5.74) is 9.82. The topological polar surface area (TPSA) is 52.0 Å². The summed E-state index contributed by atoms with van der Waals surface area (Å²) in [4.78, 5) is 0. The van der Waals surface area contributed by atoms with Crippen molar-refractivity contribution >= 4 is 21.8 Å². The van der Waals surface area contributed by atoms with Crippen LogP contribution in [0.3, 0.4) is 0 Å². The van der Waals surface area contributed by atoms with Gasteiger partial charge in [0.05, 0.1) is 0 Å². The number of aryl methyl sites for hydroxylation is 1. The van der Waals surface area contributed by atoms with Crippen molar-refractivity contribution in [2.75, 3.05) is 5.73 Å². The number of aromatic nitrogens is 1. The molecule has 0 aliphatic carbocycles. The normalized spacial score (nSPS) is 11.1. The van der Waals surface area contributed by atoms with E-state index in [1.807, 2.05) is 12.1 Å². The van der Waals surface area contributed by atoms with Gasteiger partial charge in [0.15, 0.2) is 0 Å². The van der Waals surface area contributed by atoms with Gasteiger partial charge in [-0.15, -0.1) is 0 Å². The Morgan fingerprint density at radius 3 is 2.71 bits per heavy atom. The van der Waals surface area contributed by atoms with Crippen LogP contribution in [0.5, 0.6) is 0 Å². The summed E-state index contributed by atoms with van der Waals surface area (Å²) in [7, 11) is 0. The van der Waals surface area contributed by atoms with Gasteiger partial charge < -0.3 is 10.3 Å². The number of hydrogen-bond acceptors (Lipinski definition) is 3. The quantitative estimate of drug-likeness (QED) is 0.906. The average molecular weight is 295 g/mol. The van der Waals surface area contributed by atoms with Gasteiger partial charge in [-0.2, -0.15) is 0 Å². The molecule has 3 nitrogen and oxygen atoms in total. The zero-order valence-corrected chi connectivity index (χ0v) is 11.7. The Kier molecular flexibility index (Phi) is 3.24. The summed E-state index contributed by atoms with van der Waals surface area (Å²) in [5, 5.41) is 4.08. The van der Waals surface area contributed by atoms with Crippen molar-refractivity contribution in [3.05, 3.63) is 33.8 Å². The molecule has 0 unspecified atom stereocenters. The van der Waals surface area contributed by atoms with E-state index in [2.05, 4.69) is 47.9 Å². The summed E-state index contributed by atoms with van der Waals surface area (Å²) in [5.74, 6) is 0.687. The maximum atomic E-state index is 5.82. The molecular formula is C13H15BrN2O. The molecule has 0 bridgehead atoms. The van der Waals surface area contributed by atoms with Crippen LogP contribution in [0.25, 0.3) is 11.3 Å². The van der Waals surface area contributed by atoms with Crippen molar-refractivity contribution in [2.24, 2.45) is 0 Å². The van der Waals surface area contributed by atoms with E-state index in [-0.39, 0.29) is 5.92 Å². The Labute approximate surface area is 109 Å². The number of hydrogen-bond donors (Lipinski definition) is 1. The summed E-state index contributed by atoms with van der Waals surface area (Å²) in [6, 6.07) is 6.14. The SMILES string of the molecule is Cc1ccc(Br)c(-c2noc(N)c2C(C)C)c1. The lowest BCUT2D eigenvalue weighted by atomic mass is 9.98. The number of rotatable bonds is 2. The molecule has 2 aromatic rings. The van der Waals surface area contributed by atoms with Crippen LogP contribution in [0.4, 0.5) is 5.88 Å². The minimum atomic E-state index is 0.281. The van der Waals surface area contributed by atoms with Crippen molar-refractivity contribution in [1.82, 2.24) is 5.16 Å². The first-order valence-corrected chi connectivity index (χ1v) is 6.31. The van der Waals surface area contributed by atoms with E-state index in [1.54, 1.807) is 0 Å². The van der Waals surface area contributed by atoms with Gasteiger partial charge in [-0.3, -0.25) is 0 Å². The number of nitrogen functional groups attached to an aromatic ring is 1. The first-order chi connectivity index (χ1) is 8.00. The molecule has 0 aliphatic heterocycles. The molecule has 0 spiro atoms. The summed E-state index contributed by atoms with van der Waals surface area (Å²) in [6.07, 6.45) is 0. The molecule has 0 atom stereocenters. The van der Waals surface area contributed by atoms with Gasteiger partial charge in [-0.05, 0) is 25.0 Å². The molecule has 0 fully saturated rings. The number of halogens is 1. The van der Waals surface area contributed by atoms with E-state index in [0.717, 1.165) is 21.3 Å². The summed E-state index contributed by atoms with van der Waals surface area (Å²) < 4.78 is 6.11. The van der Waals surface area contributed by atoms with Crippen molar-refractivity contribution in [1.29, 1.82) is 0 Å². The molecule has 17 heavy (non-hydrogen) atoms. The predicted molar refractivity (Wildman–Crippen MR) is 72.9 cm³/mol. The van der Waals surface area contributed by atoms with Gasteiger partial charge in [0.1, 0.15) is 5.69 Å². The van der Waals surface area contributed by atoms with Crippen molar-refractivity contribution in [2.45, 2.75) is 26.7 Å². The molecule has 1 aromatic carbocycles. The molecule has 0 saturated heterocycles. The number of nitrogens with two attached hydrogens (primary N) is 1. The fourth-order valence-electron chi connectivity index (χ4n) is 1.88. The third kappa shape index (κ3) is 2.22. The van der Waals surface area contributed by atoms with Crippen LogP contribution < -0.4 is 5.73 Å². The fraction of sp³-hybridized carbons (Fsp3) is 0.308. The molecule has 0 saturated carbocycles. The second-order valence-corrected chi connectivity index (χ2v) is 5.30. The predicted octanol–water partition coefficient (Wildman–Crippen LogP) is 4.12. The lowest BCUT2D eigenvalue weighted by molar-refractivity contribution is 0.438. The Hall–Kier alpha value is -1.29. The minimum absolute atomic E-state index is 0.281. The third-order valence-electron chi connectivity index (χ3n) is 2.71. The highest BCUT2D eigenvalue weighted by Crippen LogP contribution is 2.36. The smallest absolute Gasteiger partial charge is 0.226 e. The summed E-state index contributed by atoms with van der Waals surface area (Å²) >= 11 is 3.54. The Bertz CT molecular complexity index is 546. The number of nitrogens with zero attached hydrogens (tertiary/aromatic N) is 1. The van der Waals surface area contributed by atoms with Crippen LogP contribution in [-0.2, 0) is 0 Å². The average Bonchev–Trinajstić information content (AvgIpc) is 2.64. The maximum absolute atomic E-state index is 5.82. The highest BCUT2D eigenvalue weighted by Gasteiger charge is 2.19. The third-order valence-corrected chi connectivity index (χ3v) is 3.40. The molecule has 4 heteroatoms. The summed E-state index contributed by atoms with van der Waals surface area (Å²) in [6.45, 7) is 6.21. The second-order valence-electron chi connectivity index (χ2n) is 4.45. The fourth-order valence-corrected chi connectivity index (χ4v) is 2.32. The van der Waals surface area contributed by atoms with Gasteiger partial charge >= 0.3 is 0 Å². The second kappa shape index (κ2) is 4.53. The van der Waals surface area contributed by atoms with Crippen LogP contribution in [0, 0.1) is 6.92 Å². The van der Waals surface area contributed by atoms with Crippen molar-refractivity contribution in [3.8, 4) is 11.3 Å². The van der Waals surface area contributed by atoms with E-state index >= 15 is 0 Å². The van der Waals surface area contributed by atoms with Crippen LogP contribution in [-0.4, -0.2) is 5.16 Å². The lowest BCUT2D eigenvalue weighted by Gasteiger charge is -2.07. The van der Waals surface area contributed by atoms with Crippen LogP contribution in [0.1, 0.15) is 30.9 Å². The van der Waals surface area contributed by atoms with Crippen molar-refractivity contribution < 1.29 is 4.52 Å². The molecule has 0 amide bonds. The highest BCUT2D eigenvalue weighted by atomic mass is 79.9. The number of anilines is 1. The molecular weight excluding hydrogens is 280 g/mol. The van der Waals surface area contributed by atoms with Gasteiger partial charge in [-0.1, -0.05) is 46.6 Å². The molecule has 0 radical (unpaired) electrons. The Morgan fingerprint density at radius 1 is 1.35 bits per heavy atom. The van der Waals surface area contributed by atoms with E-state index in [1.165, 1.54) is 5.56 Å². The Morgan fingerprint density at radius 2 is 2.06 bits per heavy atom. The highest BCUT2D eigenvalue weighted by molar-refractivity contribution is 9.10. The molecule has 0 aliphatic rings. The van der Waals surface area contributed by atoms with E-state index in [4.69, 9.17) is 10.3 Å². The van der Waals surface area contributed by atoms with Crippen LogP contribution >= 0.6 is 15.9 Å². The molecule has 1 aromatic heterocycles. The molecule has 1 heterocycles. The zero-order valence-electron chi connectivity index (χ0n) is 10.1.